The average molecular weight is 449 g/mol. The molecule has 0 bridgehead atoms. The van der Waals surface area contributed by atoms with Crippen LogP contribution in [0.4, 0.5) is 16.5 Å². The molecule has 8 nitrogen and oxygen atoms in total. The van der Waals surface area contributed by atoms with Gasteiger partial charge < -0.3 is 11.1 Å². The molecule has 5 rings (SSSR count). The van der Waals surface area contributed by atoms with E-state index in [-0.39, 0.29) is 4.90 Å². The SMILES string of the molecule is CS(=O)(=O)c1ccncc1Nc1cc(-c2ccc3sc(N)nc3c2)c2nccnc2c1. The summed E-state index contributed by atoms with van der Waals surface area (Å²) in [7, 11) is -3.43. The second-order valence-electron chi connectivity index (χ2n) is 6.95. The number of aromatic nitrogens is 4. The van der Waals surface area contributed by atoms with Crippen LogP contribution in [0.1, 0.15) is 0 Å². The van der Waals surface area contributed by atoms with Crippen molar-refractivity contribution in [1.82, 2.24) is 19.9 Å². The van der Waals surface area contributed by atoms with E-state index >= 15 is 0 Å². The maximum absolute atomic E-state index is 12.2. The standard InChI is InChI=1S/C21H16N6O2S2/c1-31(28,29)19-4-5-23-11-17(19)26-13-9-14(20-16(10-13)24-6-7-25-20)12-2-3-18-15(8-12)27-21(22)30-18/h2-11,26H,1H3,(H2,22,27). The van der Waals surface area contributed by atoms with E-state index < -0.39 is 9.84 Å². The maximum atomic E-state index is 12.2. The zero-order valence-corrected chi connectivity index (χ0v) is 17.9. The number of pyridine rings is 1. The number of anilines is 3. The molecule has 154 valence electrons. The summed E-state index contributed by atoms with van der Waals surface area (Å²) in [5, 5.41) is 3.69. The molecular weight excluding hydrogens is 432 g/mol. The Balaban J connectivity index is 1.68. The van der Waals surface area contributed by atoms with Crippen molar-refractivity contribution in [3.63, 3.8) is 0 Å². The lowest BCUT2D eigenvalue weighted by Gasteiger charge is -2.13. The lowest BCUT2D eigenvalue weighted by atomic mass is 10.0. The van der Waals surface area contributed by atoms with Gasteiger partial charge in [-0.1, -0.05) is 17.4 Å². The Kier molecular flexibility index (Phi) is 4.53. The number of hydrogen-bond acceptors (Lipinski definition) is 9. The van der Waals surface area contributed by atoms with Gasteiger partial charge in [-0.25, -0.2) is 13.4 Å². The van der Waals surface area contributed by atoms with Crippen molar-refractivity contribution in [2.24, 2.45) is 0 Å². The molecule has 0 saturated heterocycles. The van der Waals surface area contributed by atoms with Gasteiger partial charge >= 0.3 is 0 Å². The Bertz CT molecular complexity index is 1560. The zero-order valence-electron chi connectivity index (χ0n) is 16.3. The van der Waals surface area contributed by atoms with Gasteiger partial charge in [-0.3, -0.25) is 15.0 Å². The van der Waals surface area contributed by atoms with Crippen molar-refractivity contribution in [2.45, 2.75) is 4.90 Å². The Labute approximate surface area is 181 Å². The van der Waals surface area contributed by atoms with Gasteiger partial charge in [0.25, 0.3) is 0 Å². The first-order valence-corrected chi connectivity index (χ1v) is 11.9. The second kappa shape index (κ2) is 7.25. The van der Waals surface area contributed by atoms with Gasteiger partial charge in [-0.2, -0.15) is 0 Å². The molecule has 5 aromatic rings. The third-order valence-corrected chi connectivity index (χ3v) is 6.77. The van der Waals surface area contributed by atoms with Crippen LogP contribution in [0.25, 0.3) is 32.4 Å². The van der Waals surface area contributed by atoms with Crippen LogP contribution in [0.5, 0.6) is 0 Å². The summed E-state index contributed by atoms with van der Waals surface area (Å²) in [5.74, 6) is 0. The minimum Gasteiger partial charge on any atom is -0.375 e. The summed E-state index contributed by atoms with van der Waals surface area (Å²) < 4.78 is 25.3. The number of sulfone groups is 1. The van der Waals surface area contributed by atoms with E-state index in [1.54, 1.807) is 12.4 Å². The molecule has 0 amide bonds. The molecular formula is C21H16N6O2S2. The molecule has 0 radical (unpaired) electrons. The first-order valence-electron chi connectivity index (χ1n) is 9.21. The molecule has 0 atom stereocenters. The van der Waals surface area contributed by atoms with E-state index in [0.29, 0.717) is 22.0 Å². The van der Waals surface area contributed by atoms with Crippen molar-refractivity contribution in [2.75, 3.05) is 17.3 Å². The third kappa shape index (κ3) is 3.66. The summed E-state index contributed by atoms with van der Waals surface area (Å²) in [6.07, 6.45) is 7.36. The highest BCUT2D eigenvalue weighted by Gasteiger charge is 2.15. The molecule has 10 heteroatoms. The molecule has 0 aliphatic rings. The molecule has 2 aromatic carbocycles. The fourth-order valence-corrected chi connectivity index (χ4v) is 4.96. The third-order valence-electron chi connectivity index (χ3n) is 4.75. The fraction of sp³-hybridized carbons (Fsp3) is 0.0476. The molecule has 3 heterocycles. The maximum Gasteiger partial charge on any atom is 0.181 e. The molecule has 0 aliphatic carbocycles. The second-order valence-corrected chi connectivity index (χ2v) is 10.00. The first-order chi connectivity index (χ1) is 14.9. The van der Waals surface area contributed by atoms with Crippen LogP contribution < -0.4 is 11.1 Å². The quantitative estimate of drug-likeness (QED) is 0.422. The fourth-order valence-electron chi connectivity index (χ4n) is 3.43. The van der Waals surface area contributed by atoms with Gasteiger partial charge in [-0.15, -0.1) is 0 Å². The highest BCUT2D eigenvalue weighted by Crippen LogP contribution is 2.35. The van der Waals surface area contributed by atoms with Crippen LogP contribution in [0.3, 0.4) is 0 Å². The lowest BCUT2D eigenvalue weighted by Crippen LogP contribution is -2.03. The van der Waals surface area contributed by atoms with Crippen molar-refractivity contribution in [3.8, 4) is 11.1 Å². The molecule has 0 spiro atoms. The van der Waals surface area contributed by atoms with Crippen molar-refractivity contribution >= 4 is 58.9 Å². The van der Waals surface area contributed by atoms with E-state index in [1.165, 1.54) is 36.1 Å². The molecule has 0 fully saturated rings. The van der Waals surface area contributed by atoms with Crippen molar-refractivity contribution in [1.29, 1.82) is 0 Å². The van der Waals surface area contributed by atoms with Crippen LogP contribution in [0, 0.1) is 0 Å². The number of nitrogen functional groups attached to an aromatic ring is 1. The predicted molar refractivity (Wildman–Crippen MR) is 123 cm³/mol. The van der Waals surface area contributed by atoms with Gasteiger partial charge in [0.15, 0.2) is 15.0 Å². The average Bonchev–Trinajstić information content (AvgIpc) is 3.12. The smallest absolute Gasteiger partial charge is 0.181 e. The Morgan fingerprint density at radius 3 is 2.68 bits per heavy atom. The highest BCUT2D eigenvalue weighted by molar-refractivity contribution is 7.90. The normalized spacial score (nSPS) is 11.8. The molecule has 0 aliphatic heterocycles. The van der Waals surface area contributed by atoms with Gasteiger partial charge in [0, 0.05) is 36.1 Å². The summed E-state index contributed by atoms with van der Waals surface area (Å²) in [4.78, 5) is 17.6. The van der Waals surface area contributed by atoms with Crippen LogP contribution in [0.2, 0.25) is 0 Å². The van der Waals surface area contributed by atoms with Crippen molar-refractivity contribution < 1.29 is 8.42 Å². The number of rotatable bonds is 4. The predicted octanol–water partition coefficient (Wildman–Crippen LogP) is 4.03. The minimum atomic E-state index is -3.43. The molecule has 3 aromatic heterocycles. The number of fused-ring (bicyclic) bond motifs is 2. The molecule has 0 unspecified atom stereocenters. The topological polar surface area (TPSA) is 124 Å². The van der Waals surface area contributed by atoms with E-state index in [4.69, 9.17) is 5.73 Å². The summed E-state index contributed by atoms with van der Waals surface area (Å²) >= 11 is 1.43. The first kappa shape index (κ1) is 19.3. The number of hydrogen-bond donors (Lipinski definition) is 2. The Morgan fingerprint density at radius 2 is 1.84 bits per heavy atom. The summed E-state index contributed by atoms with van der Waals surface area (Å²) in [6, 6.07) is 11.1. The van der Waals surface area contributed by atoms with E-state index in [0.717, 1.165) is 26.9 Å². The van der Waals surface area contributed by atoms with Crippen LogP contribution in [-0.4, -0.2) is 34.6 Å². The lowest BCUT2D eigenvalue weighted by molar-refractivity contribution is 0.602. The van der Waals surface area contributed by atoms with Crippen molar-refractivity contribution in [3.05, 3.63) is 61.2 Å². The van der Waals surface area contributed by atoms with E-state index in [2.05, 4.69) is 25.3 Å². The molecule has 3 N–H and O–H groups in total. The van der Waals surface area contributed by atoms with E-state index in [1.807, 2.05) is 30.3 Å². The highest BCUT2D eigenvalue weighted by atomic mass is 32.2. The Hall–Kier alpha value is -3.63. The number of benzene rings is 2. The van der Waals surface area contributed by atoms with Gasteiger partial charge in [0.05, 0.1) is 38.0 Å². The van der Waals surface area contributed by atoms with Crippen LogP contribution in [-0.2, 0) is 9.84 Å². The van der Waals surface area contributed by atoms with Crippen LogP contribution in [0.15, 0.2) is 66.1 Å². The Morgan fingerprint density at radius 1 is 1.00 bits per heavy atom. The van der Waals surface area contributed by atoms with Gasteiger partial charge in [-0.05, 0) is 35.9 Å². The molecule has 31 heavy (non-hydrogen) atoms. The number of nitrogens with zero attached hydrogens (tertiary/aromatic N) is 4. The zero-order chi connectivity index (χ0) is 21.6. The summed E-state index contributed by atoms with van der Waals surface area (Å²) in [6.45, 7) is 0. The minimum absolute atomic E-state index is 0.169. The van der Waals surface area contributed by atoms with E-state index in [9.17, 15) is 8.42 Å². The number of nitrogens with two attached hydrogens (primary N) is 1. The van der Waals surface area contributed by atoms with Gasteiger partial charge in [0.1, 0.15) is 0 Å². The number of thiazole rings is 1. The van der Waals surface area contributed by atoms with Crippen LogP contribution >= 0.6 is 11.3 Å². The monoisotopic (exact) mass is 448 g/mol. The number of nitrogens with one attached hydrogen (secondary N) is 1. The van der Waals surface area contributed by atoms with Gasteiger partial charge in [0.2, 0.25) is 0 Å². The molecule has 0 saturated carbocycles. The largest absolute Gasteiger partial charge is 0.375 e. The summed E-state index contributed by atoms with van der Waals surface area (Å²) in [5.41, 5.74) is 10.9.